The molecule has 1 aliphatic heterocycles. The quantitative estimate of drug-likeness (QED) is 0.544. The highest BCUT2D eigenvalue weighted by molar-refractivity contribution is 6.30. The van der Waals surface area contributed by atoms with Crippen molar-refractivity contribution in [3.63, 3.8) is 0 Å². The topological polar surface area (TPSA) is 32.3 Å². The predicted molar refractivity (Wildman–Crippen MR) is 117 cm³/mol. The van der Waals surface area contributed by atoms with Gasteiger partial charge < -0.3 is 5.32 Å². The predicted octanol–water partition coefficient (Wildman–Crippen LogP) is 5.85. The molecule has 0 aliphatic carbocycles. The van der Waals surface area contributed by atoms with E-state index in [1.54, 1.807) is 0 Å². The summed E-state index contributed by atoms with van der Waals surface area (Å²) in [6, 6.07) is 16.6. The molecule has 5 heteroatoms. The largest absolute Gasteiger partial charge is 0.351 e. The van der Waals surface area contributed by atoms with Crippen molar-refractivity contribution in [3.05, 3.63) is 69.7 Å². The van der Waals surface area contributed by atoms with E-state index in [9.17, 15) is 4.79 Å². The van der Waals surface area contributed by atoms with Crippen LogP contribution in [0.2, 0.25) is 10.0 Å². The third-order valence-corrected chi connectivity index (χ3v) is 6.07. The minimum Gasteiger partial charge on any atom is -0.351 e. The van der Waals surface area contributed by atoms with Crippen molar-refractivity contribution in [2.75, 3.05) is 6.54 Å². The molecule has 150 valence electrons. The number of carbonyl (C=O) groups excluding carboxylic acids is 1. The van der Waals surface area contributed by atoms with Crippen LogP contribution in [-0.2, 0) is 4.79 Å². The third-order valence-electron chi connectivity index (χ3n) is 5.57. The maximum atomic E-state index is 12.2. The van der Waals surface area contributed by atoms with Gasteiger partial charge in [0, 0.05) is 29.1 Å². The number of hydrogen-bond acceptors (Lipinski definition) is 2. The van der Waals surface area contributed by atoms with Crippen LogP contribution >= 0.6 is 23.2 Å². The minimum atomic E-state index is 0.109. The average molecular weight is 419 g/mol. The zero-order valence-electron chi connectivity index (χ0n) is 16.5. The van der Waals surface area contributed by atoms with Crippen molar-refractivity contribution in [2.45, 2.75) is 57.7 Å². The van der Waals surface area contributed by atoms with Crippen LogP contribution in [0.4, 0.5) is 0 Å². The van der Waals surface area contributed by atoms with Crippen molar-refractivity contribution in [1.29, 1.82) is 0 Å². The van der Waals surface area contributed by atoms with Gasteiger partial charge in [-0.3, -0.25) is 9.69 Å². The van der Waals surface area contributed by atoms with E-state index < -0.39 is 0 Å². The second kappa shape index (κ2) is 9.78. The number of unbranched alkanes of at least 4 members (excludes halogenated alkanes) is 2. The SMILES string of the molecule is CCCCCC(=O)N[C@@H]1CN(C(c2ccc(Cl)cc2)c2ccc(Cl)cc2)[C@H]1C. The summed E-state index contributed by atoms with van der Waals surface area (Å²) in [4.78, 5) is 14.6. The number of benzene rings is 2. The summed E-state index contributed by atoms with van der Waals surface area (Å²) in [5, 5.41) is 4.67. The minimum absolute atomic E-state index is 0.109. The van der Waals surface area contributed by atoms with Crippen molar-refractivity contribution in [3.8, 4) is 0 Å². The lowest BCUT2D eigenvalue weighted by Crippen LogP contribution is -2.66. The molecule has 3 rings (SSSR count). The van der Waals surface area contributed by atoms with E-state index in [-0.39, 0.29) is 24.0 Å². The molecule has 0 unspecified atom stereocenters. The van der Waals surface area contributed by atoms with Crippen LogP contribution in [-0.4, -0.2) is 29.4 Å². The summed E-state index contributed by atoms with van der Waals surface area (Å²) in [6.45, 7) is 5.16. The molecule has 1 saturated heterocycles. The van der Waals surface area contributed by atoms with Crippen LogP contribution in [0.3, 0.4) is 0 Å². The highest BCUT2D eigenvalue weighted by Gasteiger charge is 2.41. The van der Waals surface area contributed by atoms with Crippen LogP contribution in [0, 0.1) is 0 Å². The fourth-order valence-corrected chi connectivity index (χ4v) is 4.08. The third kappa shape index (κ3) is 5.08. The normalized spacial score (nSPS) is 19.5. The van der Waals surface area contributed by atoms with Crippen molar-refractivity contribution < 1.29 is 4.79 Å². The van der Waals surface area contributed by atoms with E-state index in [4.69, 9.17) is 23.2 Å². The van der Waals surface area contributed by atoms with Gasteiger partial charge in [-0.1, -0.05) is 67.2 Å². The Kier molecular flexibility index (Phi) is 7.39. The van der Waals surface area contributed by atoms with Gasteiger partial charge in [-0.25, -0.2) is 0 Å². The Hall–Kier alpha value is -1.55. The Morgan fingerprint density at radius 3 is 2.04 bits per heavy atom. The highest BCUT2D eigenvalue weighted by Crippen LogP contribution is 2.36. The molecular weight excluding hydrogens is 391 g/mol. The Bertz CT molecular complexity index is 731. The first-order valence-electron chi connectivity index (χ1n) is 10.1. The lowest BCUT2D eigenvalue weighted by atomic mass is 9.88. The van der Waals surface area contributed by atoms with Gasteiger partial charge in [0.2, 0.25) is 5.91 Å². The Labute approximate surface area is 178 Å². The monoisotopic (exact) mass is 418 g/mol. The molecule has 0 spiro atoms. The summed E-state index contributed by atoms with van der Waals surface area (Å²) in [6.07, 6.45) is 3.82. The Morgan fingerprint density at radius 2 is 1.57 bits per heavy atom. The maximum Gasteiger partial charge on any atom is 0.220 e. The first-order valence-corrected chi connectivity index (χ1v) is 10.8. The molecule has 0 aromatic heterocycles. The molecule has 1 N–H and O–H groups in total. The number of halogens is 2. The molecule has 0 radical (unpaired) electrons. The number of carbonyl (C=O) groups is 1. The highest BCUT2D eigenvalue weighted by atomic mass is 35.5. The van der Waals surface area contributed by atoms with Gasteiger partial charge in [0.15, 0.2) is 0 Å². The van der Waals surface area contributed by atoms with Crippen molar-refractivity contribution in [1.82, 2.24) is 10.2 Å². The van der Waals surface area contributed by atoms with Gasteiger partial charge in [0.1, 0.15) is 0 Å². The number of nitrogens with one attached hydrogen (secondary N) is 1. The molecule has 1 amide bonds. The van der Waals surface area contributed by atoms with E-state index in [1.165, 1.54) is 11.1 Å². The van der Waals surface area contributed by atoms with E-state index in [0.717, 1.165) is 35.9 Å². The molecule has 2 aromatic rings. The van der Waals surface area contributed by atoms with E-state index in [2.05, 4.69) is 48.3 Å². The molecule has 2 atom stereocenters. The fourth-order valence-electron chi connectivity index (χ4n) is 3.83. The van der Waals surface area contributed by atoms with E-state index >= 15 is 0 Å². The Morgan fingerprint density at radius 1 is 1.04 bits per heavy atom. The summed E-state index contributed by atoms with van der Waals surface area (Å²) in [5.74, 6) is 0.166. The van der Waals surface area contributed by atoms with Crippen molar-refractivity contribution in [2.24, 2.45) is 0 Å². The van der Waals surface area contributed by atoms with Crippen LogP contribution in [0.1, 0.15) is 56.7 Å². The summed E-state index contributed by atoms with van der Waals surface area (Å²) >= 11 is 12.2. The van der Waals surface area contributed by atoms with Crippen LogP contribution in [0.5, 0.6) is 0 Å². The van der Waals surface area contributed by atoms with Crippen LogP contribution in [0.15, 0.2) is 48.5 Å². The molecule has 1 aliphatic rings. The Balaban J connectivity index is 1.72. The number of amides is 1. The van der Waals surface area contributed by atoms with Gasteiger partial charge in [-0.15, -0.1) is 0 Å². The average Bonchev–Trinajstić information content (AvgIpc) is 2.69. The van der Waals surface area contributed by atoms with E-state index in [0.29, 0.717) is 6.42 Å². The number of likely N-dealkylation sites (tertiary alicyclic amines) is 1. The number of rotatable bonds is 8. The van der Waals surface area contributed by atoms with Gasteiger partial charge in [0.25, 0.3) is 0 Å². The molecule has 1 heterocycles. The molecule has 1 fully saturated rings. The summed E-state index contributed by atoms with van der Waals surface area (Å²) in [5.41, 5.74) is 2.37. The van der Waals surface area contributed by atoms with Crippen molar-refractivity contribution >= 4 is 29.1 Å². The maximum absolute atomic E-state index is 12.2. The molecule has 0 saturated carbocycles. The zero-order chi connectivity index (χ0) is 20.1. The molecular formula is C23H28Cl2N2O. The molecule has 3 nitrogen and oxygen atoms in total. The zero-order valence-corrected chi connectivity index (χ0v) is 18.0. The van der Waals surface area contributed by atoms with Crippen LogP contribution < -0.4 is 5.32 Å². The fraction of sp³-hybridized carbons (Fsp3) is 0.435. The molecule has 0 bridgehead atoms. The van der Waals surface area contributed by atoms with Crippen LogP contribution in [0.25, 0.3) is 0 Å². The van der Waals surface area contributed by atoms with Gasteiger partial charge >= 0.3 is 0 Å². The summed E-state index contributed by atoms with van der Waals surface area (Å²) in [7, 11) is 0. The number of nitrogens with zero attached hydrogens (tertiary/aromatic N) is 1. The standard InChI is InChI=1S/C23H28Cl2N2O/c1-3-4-5-6-22(28)26-21-15-27(16(21)2)23(17-7-11-19(24)12-8-17)18-9-13-20(25)14-10-18/h7-14,16,21,23H,3-6,15H2,1-2H3,(H,26,28)/t16-,21+/m0/s1. The van der Waals surface area contributed by atoms with Gasteiger partial charge in [-0.05, 0) is 48.7 Å². The molecule has 2 aromatic carbocycles. The lowest BCUT2D eigenvalue weighted by molar-refractivity contribution is -0.124. The first-order chi connectivity index (χ1) is 13.5. The van der Waals surface area contributed by atoms with Gasteiger partial charge in [-0.2, -0.15) is 0 Å². The van der Waals surface area contributed by atoms with Gasteiger partial charge in [0.05, 0.1) is 12.1 Å². The smallest absolute Gasteiger partial charge is 0.220 e. The molecule has 28 heavy (non-hydrogen) atoms. The first kappa shape index (κ1) is 21.2. The second-order valence-corrected chi connectivity index (χ2v) is 8.45. The van der Waals surface area contributed by atoms with E-state index in [1.807, 2.05) is 24.3 Å². The second-order valence-electron chi connectivity index (χ2n) is 7.57. The number of hydrogen-bond donors (Lipinski definition) is 1. The lowest BCUT2D eigenvalue weighted by Gasteiger charge is -2.51. The summed E-state index contributed by atoms with van der Waals surface area (Å²) < 4.78 is 0.